The van der Waals surface area contributed by atoms with Crippen molar-refractivity contribution in [3.63, 3.8) is 0 Å². The number of likely N-dealkylation sites (tertiary alicyclic amines) is 1. The summed E-state index contributed by atoms with van der Waals surface area (Å²) in [4.78, 5) is 10.1. The number of rotatable bonds is 4. The second-order valence-corrected chi connectivity index (χ2v) is 9.33. The SMILES string of the molecule is c1ccc(N=C(SCCN2CCCC2)N2CCc3cc4ccccc4cc3C2)cc1. The monoisotopic (exact) mass is 415 g/mol. The van der Waals surface area contributed by atoms with Crippen molar-refractivity contribution in [1.82, 2.24) is 9.80 Å². The van der Waals surface area contributed by atoms with Crippen LogP contribution in [-0.4, -0.2) is 46.9 Å². The average Bonchev–Trinajstić information content (AvgIpc) is 3.31. The van der Waals surface area contributed by atoms with Gasteiger partial charge in [-0.3, -0.25) is 0 Å². The molecule has 3 aromatic rings. The number of hydrogen-bond acceptors (Lipinski definition) is 3. The van der Waals surface area contributed by atoms with E-state index in [4.69, 9.17) is 4.99 Å². The Labute approximate surface area is 183 Å². The van der Waals surface area contributed by atoms with Crippen molar-refractivity contribution in [3.8, 4) is 0 Å². The van der Waals surface area contributed by atoms with Gasteiger partial charge >= 0.3 is 0 Å². The van der Waals surface area contributed by atoms with Crippen molar-refractivity contribution < 1.29 is 0 Å². The fourth-order valence-electron chi connectivity index (χ4n) is 4.50. The maximum Gasteiger partial charge on any atom is 0.164 e. The van der Waals surface area contributed by atoms with Crippen LogP contribution in [0.3, 0.4) is 0 Å². The molecule has 4 heteroatoms. The molecule has 0 radical (unpaired) electrons. The van der Waals surface area contributed by atoms with Crippen molar-refractivity contribution in [2.75, 3.05) is 31.9 Å². The molecule has 3 nitrogen and oxygen atoms in total. The maximum absolute atomic E-state index is 5.07. The third-order valence-electron chi connectivity index (χ3n) is 6.17. The first kappa shape index (κ1) is 19.7. The number of nitrogens with zero attached hydrogens (tertiary/aromatic N) is 3. The molecule has 154 valence electrons. The summed E-state index contributed by atoms with van der Waals surface area (Å²) in [6, 6.07) is 23.9. The highest BCUT2D eigenvalue weighted by Gasteiger charge is 2.21. The summed E-state index contributed by atoms with van der Waals surface area (Å²) in [5, 5.41) is 3.85. The zero-order chi connectivity index (χ0) is 20.2. The van der Waals surface area contributed by atoms with Gasteiger partial charge in [-0.1, -0.05) is 60.3 Å². The molecule has 3 aromatic carbocycles. The van der Waals surface area contributed by atoms with Crippen LogP contribution in [0.25, 0.3) is 10.8 Å². The molecule has 0 spiro atoms. The molecule has 0 N–H and O–H groups in total. The largest absolute Gasteiger partial charge is 0.347 e. The van der Waals surface area contributed by atoms with E-state index in [2.05, 4.69) is 76.5 Å². The van der Waals surface area contributed by atoms with Crippen LogP contribution in [0.1, 0.15) is 24.0 Å². The molecule has 2 heterocycles. The summed E-state index contributed by atoms with van der Waals surface area (Å²) in [5.74, 6) is 1.10. The van der Waals surface area contributed by atoms with E-state index in [1.165, 1.54) is 53.0 Å². The van der Waals surface area contributed by atoms with Crippen molar-refractivity contribution in [3.05, 3.63) is 77.9 Å². The first-order chi connectivity index (χ1) is 14.8. The smallest absolute Gasteiger partial charge is 0.164 e. The molecule has 0 saturated carbocycles. The molecule has 0 bridgehead atoms. The second kappa shape index (κ2) is 9.23. The molecular weight excluding hydrogens is 386 g/mol. The summed E-state index contributed by atoms with van der Waals surface area (Å²) >= 11 is 1.92. The standard InChI is InChI=1S/C26H29N3S/c1-2-10-25(11-3-1)27-26(30-17-16-28-13-6-7-14-28)29-15-12-23-18-21-8-4-5-9-22(21)19-24(23)20-29/h1-5,8-11,18-19H,6-7,12-17,20H2. The zero-order valence-electron chi connectivity index (χ0n) is 17.5. The van der Waals surface area contributed by atoms with Crippen molar-refractivity contribution in [2.24, 2.45) is 4.99 Å². The minimum Gasteiger partial charge on any atom is -0.347 e. The van der Waals surface area contributed by atoms with Crippen LogP contribution < -0.4 is 0 Å². The average molecular weight is 416 g/mol. The van der Waals surface area contributed by atoms with Gasteiger partial charge in [0, 0.05) is 25.4 Å². The van der Waals surface area contributed by atoms with Gasteiger partial charge in [0.1, 0.15) is 0 Å². The fraction of sp³-hybridized carbons (Fsp3) is 0.346. The summed E-state index contributed by atoms with van der Waals surface area (Å²) in [5.41, 5.74) is 3.98. The Morgan fingerprint density at radius 3 is 2.30 bits per heavy atom. The Balaban J connectivity index is 1.36. The third kappa shape index (κ3) is 4.55. The quantitative estimate of drug-likeness (QED) is 0.401. The van der Waals surface area contributed by atoms with Crippen LogP contribution in [-0.2, 0) is 13.0 Å². The van der Waals surface area contributed by atoms with Gasteiger partial charge in [-0.25, -0.2) is 4.99 Å². The van der Waals surface area contributed by atoms with Gasteiger partial charge in [0.25, 0.3) is 0 Å². The Hall–Kier alpha value is -2.30. The van der Waals surface area contributed by atoms with Gasteiger partial charge in [-0.2, -0.15) is 0 Å². The summed E-state index contributed by atoms with van der Waals surface area (Å²) in [7, 11) is 0. The van der Waals surface area contributed by atoms with E-state index in [-0.39, 0.29) is 0 Å². The predicted molar refractivity (Wildman–Crippen MR) is 130 cm³/mol. The number of para-hydroxylation sites is 1. The highest BCUT2D eigenvalue weighted by molar-refractivity contribution is 8.13. The molecular formula is C26H29N3S. The van der Waals surface area contributed by atoms with E-state index < -0.39 is 0 Å². The lowest BCUT2D eigenvalue weighted by Gasteiger charge is -2.31. The molecule has 0 aliphatic carbocycles. The van der Waals surface area contributed by atoms with E-state index in [1.54, 1.807) is 0 Å². The van der Waals surface area contributed by atoms with Crippen molar-refractivity contribution >= 4 is 33.4 Å². The Bertz CT molecular complexity index is 1020. The topological polar surface area (TPSA) is 18.8 Å². The predicted octanol–water partition coefficient (Wildman–Crippen LogP) is 5.71. The Morgan fingerprint density at radius 1 is 0.833 bits per heavy atom. The highest BCUT2D eigenvalue weighted by atomic mass is 32.2. The van der Waals surface area contributed by atoms with Crippen LogP contribution in [0.4, 0.5) is 5.69 Å². The van der Waals surface area contributed by atoms with Crippen LogP contribution in [0.2, 0.25) is 0 Å². The molecule has 1 fully saturated rings. The lowest BCUT2D eigenvalue weighted by Crippen LogP contribution is -2.35. The number of amidine groups is 1. The number of thioether (sulfide) groups is 1. The third-order valence-corrected chi connectivity index (χ3v) is 7.16. The number of benzene rings is 3. The van der Waals surface area contributed by atoms with Gasteiger partial charge in [-0.05, 0) is 72.5 Å². The molecule has 30 heavy (non-hydrogen) atoms. The number of aliphatic imine (C=N–C) groups is 1. The van der Waals surface area contributed by atoms with Gasteiger partial charge in [0.15, 0.2) is 5.17 Å². The van der Waals surface area contributed by atoms with Crippen molar-refractivity contribution in [2.45, 2.75) is 25.8 Å². The van der Waals surface area contributed by atoms with E-state index in [9.17, 15) is 0 Å². The molecule has 2 aliphatic heterocycles. The number of fused-ring (bicyclic) bond motifs is 2. The molecule has 0 atom stereocenters. The van der Waals surface area contributed by atoms with E-state index in [1.807, 2.05) is 11.8 Å². The van der Waals surface area contributed by atoms with Gasteiger partial charge in [0.05, 0.1) is 5.69 Å². The van der Waals surface area contributed by atoms with Crippen LogP contribution in [0.5, 0.6) is 0 Å². The zero-order valence-corrected chi connectivity index (χ0v) is 18.3. The van der Waals surface area contributed by atoms with E-state index in [0.29, 0.717) is 0 Å². The molecule has 2 aliphatic rings. The van der Waals surface area contributed by atoms with E-state index >= 15 is 0 Å². The molecule has 0 unspecified atom stereocenters. The lowest BCUT2D eigenvalue weighted by atomic mass is 9.96. The first-order valence-electron chi connectivity index (χ1n) is 11.1. The molecule has 0 amide bonds. The number of hydrogen-bond donors (Lipinski definition) is 0. The van der Waals surface area contributed by atoms with Gasteiger partial charge < -0.3 is 9.80 Å². The second-order valence-electron chi connectivity index (χ2n) is 8.27. The molecule has 5 rings (SSSR count). The maximum atomic E-state index is 5.07. The van der Waals surface area contributed by atoms with Gasteiger partial charge in [-0.15, -0.1) is 0 Å². The van der Waals surface area contributed by atoms with Crippen LogP contribution >= 0.6 is 11.8 Å². The van der Waals surface area contributed by atoms with Crippen LogP contribution in [0, 0.1) is 0 Å². The lowest BCUT2D eigenvalue weighted by molar-refractivity contribution is 0.362. The summed E-state index contributed by atoms with van der Waals surface area (Å²) in [6.07, 6.45) is 3.79. The van der Waals surface area contributed by atoms with Crippen LogP contribution in [0.15, 0.2) is 71.7 Å². The summed E-state index contributed by atoms with van der Waals surface area (Å²) in [6.45, 7) is 5.66. The minimum absolute atomic E-state index is 0.947. The molecule has 0 aromatic heterocycles. The summed E-state index contributed by atoms with van der Waals surface area (Å²) < 4.78 is 0. The Morgan fingerprint density at radius 2 is 1.53 bits per heavy atom. The first-order valence-corrected chi connectivity index (χ1v) is 12.1. The van der Waals surface area contributed by atoms with E-state index in [0.717, 1.165) is 37.5 Å². The minimum atomic E-state index is 0.947. The fourth-order valence-corrected chi connectivity index (χ4v) is 5.54. The normalized spacial score (nSPS) is 17.5. The van der Waals surface area contributed by atoms with Gasteiger partial charge in [0.2, 0.25) is 0 Å². The Kier molecular flexibility index (Phi) is 6.05. The van der Waals surface area contributed by atoms with Crippen molar-refractivity contribution in [1.29, 1.82) is 0 Å². The highest BCUT2D eigenvalue weighted by Crippen LogP contribution is 2.28. The molecule has 1 saturated heterocycles.